The normalized spacial score (nSPS) is 17.8. The van der Waals surface area contributed by atoms with Gasteiger partial charge in [0.2, 0.25) is 0 Å². The summed E-state index contributed by atoms with van der Waals surface area (Å²) in [5, 5.41) is 8.92. The van der Waals surface area contributed by atoms with Gasteiger partial charge in [-0.05, 0) is 17.7 Å². The lowest BCUT2D eigenvalue weighted by Gasteiger charge is -2.34. The quantitative estimate of drug-likeness (QED) is 0.687. The van der Waals surface area contributed by atoms with Crippen LogP contribution in [0.2, 0.25) is 0 Å². The van der Waals surface area contributed by atoms with Crippen molar-refractivity contribution >= 4 is 5.78 Å². The topological polar surface area (TPSA) is 40.9 Å². The van der Waals surface area contributed by atoms with E-state index >= 15 is 0 Å². The second-order valence-corrected chi connectivity index (χ2v) is 3.84. The lowest BCUT2D eigenvalue weighted by atomic mass is 9.65. The van der Waals surface area contributed by atoms with E-state index in [1.807, 2.05) is 6.07 Å². The number of Topliss-reactive ketones (excluding diaryl/α,β-unsaturated/α-hetero) is 1. The van der Waals surface area contributed by atoms with Crippen molar-refractivity contribution in [1.82, 2.24) is 0 Å². The zero-order valence-electron chi connectivity index (χ0n) is 8.06. The molecular weight excluding hydrogens is 219 g/mol. The van der Waals surface area contributed by atoms with E-state index < -0.39 is 22.9 Å². The van der Waals surface area contributed by atoms with Gasteiger partial charge in [-0.3, -0.25) is 4.79 Å². The minimum absolute atomic E-state index is 0.0194. The molecule has 1 aliphatic carbocycles. The first-order valence-corrected chi connectivity index (χ1v) is 4.56. The van der Waals surface area contributed by atoms with Crippen LogP contribution in [0.15, 0.2) is 12.1 Å². The van der Waals surface area contributed by atoms with Gasteiger partial charge in [0.1, 0.15) is 5.78 Å². The molecule has 0 spiro atoms. The molecule has 1 aliphatic rings. The molecule has 0 atom stereocenters. The van der Waals surface area contributed by atoms with E-state index in [0.717, 1.165) is 12.1 Å². The van der Waals surface area contributed by atoms with Gasteiger partial charge in [-0.15, -0.1) is 0 Å². The van der Waals surface area contributed by atoms with Gasteiger partial charge in [0.15, 0.2) is 17.5 Å². The van der Waals surface area contributed by atoms with Gasteiger partial charge >= 0.3 is 0 Å². The summed E-state index contributed by atoms with van der Waals surface area (Å²) in [6, 6.07) is 3.40. The average Bonchev–Trinajstić information content (AvgIpc) is 2.20. The van der Waals surface area contributed by atoms with Crippen LogP contribution in [0.5, 0.6) is 0 Å². The molecule has 5 heteroatoms. The number of carbonyl (C=O) groups is 1. The number of carbonyl (C=O) groups excluding carboxylic acids is 1. The SMILES string of the molecule is N#CC1(c2cc(F)c(F)c(F)c2)CC(=O)C1. The van der Waals surface area contributed by atoms with Gasteiger partial charge in [0.05, 0.1) is 11.5 Å². The number of halogens is 3. The molecule has 0 N–H and O–H groups in total. The van der Waals surface area contributed by atoms with E-state index in [9.17, 15) is 18.0 Å². The summed E-state index contributed by atoms with van der Waals surface area (Å²) >= 11 is 0. The summed E-state index contributed by atoms with van der Waals surface area (Å²) in [6.45, 7) is 0. The molecule has 1 aromatic rings. The van der Waals surface area contributed by atoms with Crippen molar-refractivity contribution in [2.45, 2.75) is 18.3 Å². The Labute approximate surface area is 89.3 Å². The van der Waals surface area contributed by atoms with Crippen molar-refractivity contribution < 1.29 is 18.0 Å². The van der Waals surface area contributed by atoms with Gasteiger partial charge in [-0.25, -0.2) is 13.2 Å². The van der Waals surface area contributed by atoms with E-state index in [-0.39, 0.29) is 24.2 Å². The minimum atomic E-state index is -1.57. The standard InChI is InChI=1S/C11H6F3NO/c12-8-1-6(2-9(13)10(8)14)11(5-15)3-7(16)4-11/h1-2H,3-4H2. The summed E-state index contributed by atoms with van der Waals surface area (Å²) in [4.78, 5) is 10.9. The average molecular weight is 225 g/mol. The Hall–Kier alpha value is -1.83. The number of nitriles is 1. The first-order chi connectivity index (χ1) is 7.48. The van der Waals surface area contributed by atoms with Gasteiger partial charge in [-0.1, -0.05) is 0 Å². The highest BCUT2D eigenvalue weighted by Crippen LogP contribution is 2.41. The number of benzene rings is 1. The molecule has 0 saturated heterocycles. The summed E-state index contributed by atoms with van der Waals surface area (Å²) in [5.74, 6) is -4.40. The zero-order valence-corrected chi connectivity index (χ0v) is 8.06. The van der Waals surface area contributed by atoms with Crippen LogP contribution in [0.1, 0.15) is 18.4 Å². The molecule has 0 aromatic heterocycles. The van der Waals surface area contributed by atoms with Gasteiger partial charge < -0.3 is 0 Å². The van der Waals surface area contributed by atoms with E-state index in [1.165, 1.54) is 0 Å². The highest BCUT2D eigenvalue weighted by Gasteiger charge is 2.46. The Morgan fingerprint density at radius 1 is 1.19 bits per heavy atom. The van der Waals surface area contributed by atoms with Gasteiger partial charge in [-0.2, -0.15) is 5.26 Å². The second kappa shape index (κ2) is 3.34. The summed E-state index contributed by atoms with van der Waals surface area (Å²) in [5.41, 5.74) is -1.17. The van der Waals surface area contributed by atoms with Crippen LogP contribution in [0.3, 0.4) is 0 Å². The molecule has 2 nitrogen and oxygen atoms in total. The Morgan fingerprint density at radius 3 is 2.06 bits per heavy atom. The smallest absolute Gasteiger partial charge is 0.194 e. The molecule has 2 rings (SSSR count). The Bertz CT molecular complexity index is 487. The minimum Gasteiger partial charge on any atom is -0.300 e. The molecule has 1 fully saturated rings. The first kappa shape index (κ1) is 10.7. The molecular formula is C11H6F3NO. The van der Waals surface area contributed by atoms with E-state index in [2.05, 4.69) is 0 Å². The third-order valence-electron chi connectivity index (χ3n) is 2.75. The largest absolute Gasteiger partial charge is 0.300 e. The monoisotopic (exact) mass is 225 g/mol. The highest BCUT2D eigenvalue weighted by atomic mass is 19.2. The molecule has 0 bridgehead atoms. The maximum atomic E-state index is 13.0. The molecule has 0 aliphatic heterocycles. The fourth-order valence-electron chi connectivity index (χ4n) is 1.80. The number of hydrogen-bond acceptors (Lipinski definition) is 2. The van der Waals surface area contributed by atoms with Crippen LogP contribution in [0, 0.1) is 28.8 Å². The lowest BCUT2D eigenvalue weighted by Crippen LogP contribution is -2.40. The number of ketones is 1. The lowest BCUT2D eigenvalue weighted by molar-refractivity contribution is -0.126. The van der Waals surface area contributed by atoms with E-state index in [0.29, 0.717) is 0 Å². The highest BCUT2D eigenvalue weighted by molar-refractivity contribution is 5.90. The van der Waals surface area contributed by atoms with Crippen LogP contribution >= 0.6 is 0 Å². The van der Waals surface area contributed by atoms with Gasteiger partial charge in [0, 0.05) is 12.8 Å². The Morgan fingerprint density at radius 2 is 1.69 bits per heavy atom. The molecule has 82 valence electrons. The molecule has 16 heavy (non-hydrogen) atoms. The van der Waals surface area contributed by atoms with Crippen LogP contribution in [-0.2, 0) is 10.2 Å². The van der Waals surface area contributed by atoms with E-state index in [1.54, 1.807) is 0 Å². The van der Waals surface area contributed by atoms with Crippen molar-refractivity contribution in [3.8, 4) is 6.07 Å². The van der Waals surface area contributed by atoms with Crippen molar-refractivity contribution in [3.05, 3.63) is 35.1 Å². The molecule has 1 saturated carbocycles. The Kier molecular flexibility index (Phi) is 2.23. The van der Waals surface area contributed by atoms with Crippen LogP contribution in [-0.4, -0.2) is 5.78 Å². The maximum Gasteiger partial charge on any atom is 0.194 e. The zero-order chi connectivity index (χ0) is 11.9. The first-order valence-electron chi connectivity index (χ1n) is 4.56. The molecule has 0 heterocycles. The number of hydrogen-bond donors (Lipinski definition) is 0. The summed E-state index contributed by atoms with van der Waals surface area (Å²) in [7, 11) is 0. The van der Waals surface area contributed by atoms with Crippen LogP contribution in [0.25, 0.3) is 0 Å². The van der Waals surface area contributed by atoms with Gasteiger partial charge in [0.25, 0.3) is 0 Å². The van der Waals surface area contributed by atoms with Crippen molar-refractivity contribution in [2.24, 2.45) is 0 Å². The molecule has 0 radical (unpaired) electrons. The predicted molar refractivity (Wildman–Crippen MR) is 47.8 cm³/mol. The summed E-state index contributed by atoms with van der Waals surface area (Å²) in [6.07, 6.45) is -0.151. The fraction of sp³-hybridized carbons (Fsp3) is 0.273. The third-order valence-corrected chi connectivity index (χ3v) is 2.75. The maximum absolute atomic E-state index is 13.0. The predicted octanol–water partition coefficient (Wildman–Crippen LogP) is 2.23. The molecule has 1 aromatic carbocycles. The molecule has 0 unspecified atom stereocenters. The number of rotatable bonds is 1. The van der Waals surface area contributed by atoms with E-state index in [4.69, 9.17) is 5.26 Å². The number of nitrogens with zero attached hydrogens (tertiary/aromatic N) is 1. The molecule has 0 amide bonds. The van der Waals surface area contributed by atoms with Crippen molar-refractivity contribution in [1.29, 1.82) is 5.26 Å². The summed E-state index contributed by atoms with van der Waals surface area (Å²) < 4.78 is 38.6. The van der Waals surface area contributed by atoms with Crippen molar-refractivity contribution in [3.63, 3.8) is 0 Å². The van der Waals surface area contributed by atoms with Crippen LogP contribution < -0.4 is 0 Å². The van der Waals surface area contributed by atoms with Crippen LogP contribution in [0.4, 0.5) is 13.2 Å². The second-order valence-electron chi connectivity index (χ2n) is 3.84. The third kappa shape index (κ3) is 1.38. The Balaban J connectivity index is 2.50. The van der Waals surface area contributed by atoms with Crippen molar-refractivity contribution in [2.75, 3.05) is 0 Å². The fourth-order valence-corrected chi connectivity index (χ4v) is 1.80.